The SMILES string of the molecule is COc1ccc(NCc2ccccc2)c(Cc2ccccc2)c1Br. The summed E-state index contributed by atoms with van der Waals surface area (Å²) in [4.78, 5) is 0. The zero-order valence-electron chi connectivity index (χ0n) is 13.6. The molecule has 3 rings (SSSR count). The fourth-order valence-electron chi connectivity index (χ4n) is 2.69. The van der Waals surface area contributed by atoms with Gasteiger partial charge < -0.3 is 10.1 Å². The van der Waals surface area contributed by atoms with Gasteiger partial charge in [-0.3, -0.25) is 0 Å². The number of nitrogens with one attached hydrogen (secondary N) is 1. The fraction of sp³-hybridized carbons (Fsp3) is 0.143. The minimum atomic E-state index is 0.793. The van der Waals surface area contributed by atoms with Crippen LogP contribution in [0.4, 0.5) is 5.69 Å². The summed E-state index contributed by atoms with van der Waals surface area (Å²) in [6.45, 7) is 0.793. The van der Waals surface area contributed by atoms with E-state index < -0.39 is 0 Å². The molecule has 122 valence electrons. The van der Waals surface area contributed by atoms with Crippen molar-refractivity contribution in [1.29, 1.82) is 0 Å². The van der Waals surface area contributed by atoms with Crippen molar-refractivity contribution in [3.8, 4) is 5.75 Å². The molecule has 0 unspecified atom stereocenters. The van der Waals surface area contributed by atoms with Gasteiger partial charge in [-0.05, 0) is 44.8 Å². The third-order valence-corrected chi connectivity index (χ3v) is 4.85. The monoisotopic (exact) mass is 381 g/mol. The van der Waals surface area contributed by atoms with Gasteiger partial charge in [-0.2, -0.15) is 0 Å². The van der Waals surface area contributed by atoms with Gasteiger partial charge in [-0.25, -0.2) is 0 Å². The normalized spacial score (nSPS) is 10.4. The second-order valence-corrected chi connectivity index (χ2v) is 6.40. The molecule has 0 aliphatic rings. The molecule has 3 aromatic carbocycles. The van der Waals surface area contributed by atoms with E-state index in [-0.39, 0.29) is 0 Å². The standard InChI is InChI=1S/C21H20BrNO/c1-24-20-13-12-19(23-15-17-10-6-3-7-11-17)18(21(20)22)14-16-8-4-2-5-9-16/h2-13,23H,14-15H2,1H3. The zero-order chi connectivity index (χ0) is 16.8. The van der Waals surface area contributed by atoms with Crippen LogP contribution in [-0.4, -0.2) is 7.11 Å². The Morgan fingerprint density at radius 2 is 1.46 bits per heavy atom. The molecule has 3 aromatic rings. The minimum Gasteiger partial charge on any atom is -0.496 e. The summed E-state index contributed by atoms with van der Waals surface area (Å²) in [5.41, 5.74) is 4.86. The van der Waals surface area contributed by atoms with Crippen molar-refractivity contribution in [1.82, 2.24) is 0 Å². The number of halogens is 1. The largest absolute Gasteiger partial charge is 0.496 e. The Morgan fingerprint density at radius 1 is 0.833 bits per heavy atom. The van der Waals surface area contributed by atoms with Crippen LogP contribution in [0.1, 0.15) is 16.7 Å². The number of methoxy groups -OCH3 is 1. The van der Waals surface area contributed by atoms with E-state index in [4.69, 9.17) is 4.74 Å². The number of hydrogen-bond acceptors (Lipinski definition) is 2. The lowest BCUT2D eigenvalue weighted by Crippen LogP contribution is -2.04. The summed E-state index contributed by atoms with van der Waals surface area (Å²) in [5.74, 6) is 0.853. The van der Waals surface area contributed by atoms with Crippen LogP contribution in [0.2, 0.25) is 0 Å². The first-order valence-electron chi connectivity index (χ1n) is 7.95. The van der Waals surface area contributed by atoms with Gasteiger partial charge in [0.25, 0.3) is 0 Å². The molecule has 0 fully saturated rings. The van der Waals surface area contributed by atoms with Gasteiger partial charge in [0.2, 0.25) is 0 Å². The first-order valence-corrected chi connectivity index (χ1v) is 8.74. The Labute approximate surface area is 151 Å². The second kappa shape index (κ2) is 8.02. The molecule has 0 radical (unpaired) electrons. The zero-order valence-corrected chi connectivity index (χ0v) is 15.2. The molecule has 0 spiro atoms. The Balaban J connectivity index is 1.88. The van der Waals surface area contributed by atoms with Crippen LogP contribution in [0.5, 0.6) is 5.75 Å². The lowest BCUT2D eigenvalue weighted by atomic mass is 10.0. The quantitative estimate of drug-likeness (QED) is 0.594. The van der Waals surface area contributed by atoms with Gasteiger partial charge in [0.15, 0.2) is 0 Å². The molecule has 24 heavy (non-hydrogen) atoms. The summed E-state index contributed by atoms with van der Waals surface area (Å²) in [5, 5.41) is 3.56. The molecule has 0 amide bonds. The molecule has 0 saturated heterocycles. The fourth-order valence-corrected chi connectivity index (χ4v) is 3.34. The van der Waals surface area contributed by atoms with Crippen molar-refractivity contribution in [2.45, 2.75) is 13.0 Å². The first kappa shape index (κ1) is 16.6. The van der Waals surface area contributed by atoms with Gasteiger partial charge in [0, 0.05) is 18.7 Å². The molecule has 0 aliphatic carbocycles. The van der Waals surface area contributed by atoms with Crippen LogP contribution in [-0.2, 0) is 13.0 Å². The Bertz CT molecular complexity index is 788. The molecule has 2 nitrogen and oxygen atoms in total. The van der Waals surface area contributed by atoms with Gasteiger partial charge in [-0.1, -0.05) is 60.7 Å². The van der Waals surface area contributed by atoms with Crippen molar-refractivity contribution >= 4 is 21.6 Å². The highest BCUT2D eigenvalue weighted by Gasteiger charge is 2.12. The Hall–Kier alpha value is -2.26. The third kappa shape index (κ3) is 3.98. The van der Waals surface area contributed by atoms with Gasteiger partial charge in [-0.15, -0.1) is 0 Å². The minimum absolute atomic E-state index is 0.793. The average molecular weight is 382 g/mol. The van der Waals surface area contributed by atoms with E-state index in [9.17, 15) is 0 Å². The number of ether oxygens (including phenoxy) is 1. The number of anilines is 1. The molecule has 0 aromatic heterocycles. The molecule has 0 heterocycles. The van der Waals surface area contributed by atoms with Crippen LogP contribution in [0.15, 0.2) is 77.3 Å². The highest BCUT2D eigenvalue weighted by molar-refractivity contribution is 9.10. The topological polar surface area (TPSA) is 21.3 Å². The molecule has 0 saturated carbocycles. The van der Waals surface area contributed by atoms with Gasteiger partial charge >= 0.3 is 0 Å². The van der Waals surface area contributed by atoms with Gasteiger partial charge in [0.1, 0.15) is 5.75 Å². The first-order chi connectivity index (χ1) is 11.8. The molecule has 0 bridgehead atoms. The molecule has 0 aliphatic heterocycles. The second-order valence-electron chi connectivity index (χ2n) is 5.61. The number of hydrogen-bond donors (Lipinski definition) is 1. The van der Waals surface area contributed by atoms with Crippen molar-refractivity contribution in [2.24, 2.45) is 0 Å². The lowest BCUT2D eigenvalue weighted by molar-refractivity contribution is 0.411. The number of rotatable bonds is 6. The summed E-state index contributed by atoms with van der Waals surface area (Å²) in [6, 6.07) is 25.0. The highest BCUT2D eigenvalue weighted by Crippen LogP contribution is 2.35. The summed E-state index contributed by atoms with van der Waals surface area (Å²) in [7, 11) is 1.70. The maximum atomic E-state index is 5.47. The Kier molecular flexibility index (Phi) is 5.55. The van der Waals surface area contributed by atoms with E-state index in [0.717, 1.165) is 28.9 Å². The maximum Gasteiger partial charge on any atom is 0.133 e. The summed E-state index contributed by atoms with van der Waals surface area (Å²) >= 11 is 3.71. The van der Waals surface area contributed by atoms with Crippen molar-refractivity contribution in [3.05, 3.63) is 94.0 Å². The van der Waals surface area contributed by atoms with Crippen LogP contribution in [0.25, 0.3) is 0 Å². The van der Waals surface area contributed by atoms with E-state index in [2.05, 4.69) is 75.8 Å². The van der Waals surface area contributed by atoms with Gasteiger partial charge in [0.05, 0.1) is 11.6 Å². The van der Waals surface area contributed by atoms with Crippen molar-refractivity contribution in [3.63, 3.8) is 0 Å². The molecular formula is C21H20BrNO. The summed E-state index contributed by atoms with van der Waals surface area (Å²) < 4.78 is 6.47. The summed E-state index contributed by atoms with van der Waals surface area (Å²) in [6.07, 6.45) is 0.843. The van der Waals surface area contributed by atoms with Crippen molar-refractivity contribution < 1.29 is 4.74 Å². The molecule has 3 heteroatoms. The van der Waals surface area contributed by atoms with Crippen molar-refractivity contribution in [2.75, 3.05) is 12.4 Å². The Morgan fingerprint density at radius 3 is 2.08 bits per heavy atom. The average Bonchev–Trinajstić information content (AvgIpc) is 2.64. The van der Waals surface area contributed by atoms with Crippen LogP contribution in [0.3, 0.4) is 0 Å². The van der Waals surface area contributed by atoms with E-state index in [0.29, 0.717) is 0 Å². The molecule has 1 N–H and O–H groups in total. The smallest absolute Gasteiger partial charge is 0.133 e. The van der Waals surface area contributed by atoms with Crippen LogP contribution < -0.4 is 10.1 Å². The van der Waals surface area contributed by atoms with Crippen LogP contribution in [0, 0.1) is 0 Å². The van der Waals surface area contributed by atoms with E-state index in [1.165, 1.54) is 16.7 Å². The number of benzene rings is 3. The third-order valence-electron chi connectivity index (χ3n) is 3.98. The molecule has 0 atom stereocenters. The predicted octanol–water partition coefficient (Wildman–Crippen LogP) is 5.66. The van der Waals surface area contributed by atoms with E-state index in [1.54, 1.807) is 7.11 Å². The highest BCUT2D eigenvalue weighted by atomic mass is 79.9. The lowest BCUT2D eigenvalue weighted by Gasteiger charge is -2.16. The predicted molar refractivity (Wildman–Crippen MR) is 104 cm³/mol. The maximum absolute atomic E-state index is 5.47. The molecular weight excluding hydrogens is 362 g/mol. The van der Waals surface area contributed by atoms with E-state index in [1.807, 2.05) is 18.2 Å². The van der Waals surface area contributed by atoms with E-state index >= 15 is 0 Å². The van der Waals surface area contributed by atoms with Crippen LogP contribution >= 0.6 is 15.9 Å².